The number of halogens is 1. The van der Waals surface area contributed by atoms with Gasteiger partial charge < -0.3 is 4.57 Å². The molecule has 1 atom stereocenters. The second kappa shape index (κ2) is 5.34. The highest BCUT2D eigenvalue weighted by atomic mass is 35.5. The number of hydrogen-bond acceptors (Lipinski definition) is 4. The number of benzene rings is 1. The number of fused-ring (bicyclic) bond motifs is 2. The summed E-state index contributed by atoms with van der Waals surface area (Å²) in [4.78, 5) is 25.9. The quantitative estimate of drug-likeness (QED) is 0.842. The van der Waals surface area contributed by atoms with Crippen molar-refractivity contribution >= 4 is 29.3 Å². The second-order valence-electron chi connectivity index (χ2n) is 6.30. The van der Waals surface area contributed by atoms with Gasteiger partial charge >= 0.3 is 0 Å². The molecule has 2 aliphatic heterocycles. The fourth-order valence-electron chi connectivity index (χ4n) is 3.20. The molecule has 0 radical (unpaired) electrons. The Morgan fingerprint density at radius 3 is 2.71 bits per heavy atom. The van der Waals surface area contributed by atoms with E-state index in [9.17, 15) is 4.79 Å². The smallest absolute Gasteiger partial charge is 0.281 e. The minimum Gasteiger partial charge on any atom is -0.325 e. The third-order valence-corrected chi connectivity index (χ3v) is 4.78. The first-order valence-corrected chi connectivity index (χ1v) is 8.28. The van der Waals surface area contributed by atoms with Crippen LogP contribution in [0.15, 0.2) is 29.3 Å². The van der Waals surface area contributed by atoms with Crippen LogP contribution in [0.3, 0.4) is 0 Å². The Balaban J connectivity index is 1.82. The number of guanidine groups is 1. The second-order valence-corrected chi connectivity index (χ2v) is 6.73. The number of carbonyl (C=O) groups excluding carboxylic acids is 1. The molecule has 2 aromatic rings. The zero-order valence-corrected chi connectivity index (χ0v) is 14.6. The van der Waals surface area contributed by atoms with Crippen LogP contribution in [0, 0.1) is 6.92 Å². The monoisotopic (exact) mass is 343 g/mol. The van der Waals surface area contributed by atoms with Crippen LogP contribution in [0.1, 0.15) is 28.8 Å². The Kier molecular flexibility index (Phi) is 3.38. The predicted octanol–water partition coefficient (Wildman–Crippen LogP) is 2.60. The summed E-state index contributed by atoms with van der Waals surface area (Å²) in [5, 5.41) is 0.704. The molecule has 7 heteroatoms. The van der Waals surface area contributed by atoms with Crippen LogP contribution in [-0.2, 0) is 13.6 Å². The molecule has 2 aliphatic rings. The van der Waals surface area contributed by atoms with Crippen LogP contribution in [-0.4, -0.2) is 38.9 Å². The lowest BCUT2D eigenvalue weighted by molar-refractivity contribution is 0.0837. The zero-order valence-electron chi connectivity index (χ0n) is 13.8. The van der Waals surface area contributed by atoms with Crippen molar-refractivity contribution in [1.29, 1.82) is 0 Å². The summed E-state index contributed by atoms with van der Waals surface area (Å²) in [6.45, 7) is 5.12. The fraction of sp³-hybridized carbons (Fsp3) is 0.353. The van der Waals surface area contributed by atoms with Crippen molar-refractivity contribution in [2.75, 3.05) is 11.4 Å². The number of hydrogen-bond donors (Lipinski definition) is 0. The number of aromatic nitrogens is 2. The highest BCUT2D eigenvalue weighted by Gasteiger charge is 2.42. The van der Waals surface area contributed by atoms with E-state index in [2.05, 4.69) is 9.98 Å². The molecule has 24 heavy (non-hydrogen) atoms. The molecular weight excluding hydrogens is 326 g/mol. The summed E-state index contributed by atoms with van der Waals surface area (Å²) < 4.78 is 1.85. The topological polar surface area (TPSA) is 53.7 Å². The van der Waals surface area contributed by atoms with Gasteiger partial charge in [0.2, 0.25) is 5.96 Å². The molecule has 0 saturated heterocycles. The minimum atomic E-state index is -0.0245. The third-order valence-electron chi connectivity index (χ3n) is 4.52. The molecule has 0 fully saturated rings. The van der Waals surface area contributed by atoms with Crippen molar-refractivity contribution in [2.45, 2.75) is 26.4 Å². The first-order chi connectivity index (χ1) is 11.5. The largest absolute Gasteiger partial charge is 0.325 e. The summed E-state index contributed by atoms with van der Waals surface area (Å²) in [6, 6.07) is 7.79. The SMILES string of the molecule is Cc1nc2c(n1C)C(=O)N1CC(C)N=C1N2Cc1ccc(Cl)cc1. The van der Waals surface area contributed by atoms with Crippen LogP contribution >= 0.6 is 11.6 Å². The lowest BCUT2D eigenvalue weighted by Crippen LogP contribution is -2.50. The van der Waals surface area contributed by atoms with Gasteiger partial charge in [-0.1, -0.05) is 23.7 Å². The average Bonchev–Trinajstić information content (AvgIpc) is 3.07. The van der Waals surface area contributed by atoms with E-state index in [-0.39, 0.29) is 11.9 Å². The van der Waals surface area contributed by atoms with Gasteiger partial charge in [0.05, 0.1) is 19.1 Å². The van der Waals surface area contributed by atoms with E-state index >= 15 is 0 Å². The van der Waals surface area contributed by atoms with Crippen molar-refractivity contribution in [1.82, 2.24) is 14.5 Å². The van der Waals surface area contributed by atoms with Crippen LogP contribution < -0.4 is 4.90 Å². The molecule has 1 unspecified atom stereocenters. The number of anilines is 1. The maximum absolute atomic E-state index is 12.9. The van der Waals surface area contributed by atoms with E-state index in [0.717, 1.165) is 11.4 Å². The zero-order chi connectivity index (χ0) is 17.0. The number of carbonyl (C=O) groups is 1. The first-order valence-electron chi connectivity index (χ1n) is 7.90. The van der Waals surface area contributed by atoms with Gasteiger partial charge in [-0.05, 0) is 31.5 Å². The number of aryl methyl sites for hydroxylation is 1. The maximum atomic E-state index is 12.9. The van der Waals surface area contributed by atoms with Gasteiger partial charge in [-0.25, -0.2) is 9.98 Å². The molecule has 124 valence electrons. The highest BCUT2D eigenvalue weighted by Crippen LogP contribution is 2.32. The van der Waals surface area contributed by atoms with Gasteiger partial charge in [0.15, 0.2) is 11.5 Å². The van der Waals surface area contributed by atoms with Gasteiger partial charge in [0, 0.05) is 12.1 Å². The summed E-state index contributed by atoms with van der Waals surface area (Å²) in [6.07, 6.45) is 0. The average molecular weight is 344 g/mol. The summed E-state index contributed by atoms with van der Waals surface area (Å²) >= 11 is 5.98. The van der Waals surface area contributed by atoms with Crippen LogP contribution in [0.4, 0.5) is 5.82 Å². The maximum Gasteiger partial charge on any atom is 0.281 e. The Morgan fingerprint density at radius 1 is 1.29 bits per heavy atom. The van der Waals surface area contributed by atoms with E-state index < -0.39 is 0 Å². The summed E-state index contributed by atoms with van der Waals surface area (Å²) in [7, 11) is 1.88. The molecule has 0 saturated carbocycles. The lowest BCUT2D eigenvalue weighted by Gasteiger charge is -2.33. The number of rotatable bonds is 2. The molecule has 0 bridgehead atoms. The predicted molar refractivity (Wildman–Crippen MR) is 93.5 cm³/mol. The van der Waals surface area contributed by atoms with Gasteiger partial charge in [0.1, 0.15) is 5.82 Å². The Bertz CT molecular complexity index is 855. The van der Waals surface area contributed by atoms with E-state index in [4.69, 9.17) is 11.6 Å². The molecule has 1 amide bonds. The van der Waals surface area contributed by atoms with Crippen LogP contribution in [0.25, 0.3) is 0 Å². The van der Waals surface area contributed by atoms with Crippen LogP contribution in [0.5, 0.6) is 0 Å². The standard InChI is InChI=1S/C17H18ClN5O/c1-10-8-23-16(24)14-15(20-11(2)21(14)3)22(17(23)19-10)9-12-4-6-13(18)7-5-12/h4-7,10H,8-9H2,1-3H3. The summed E-state index contributed by atoms with van der Waals surface area (Å²) in [5.74, 6) is 2.15. The van der Waals surface area contributed by atoms with Crippen molar-refractivity contribution < 1.29 is 4.79 Å². The minimum absolute atomic E-state index is 0.0245. The Morgan fingerprint density at radius 2 is 2.00 bits per heavy atom. The highest BCUT2D eigenvalue weighted by molar-refractivity contribution is 6.30. The van der Waals surface area contributed by atoms with Crippen molar-refractivity contribution in [3.05, 3.63) is 46.4 Å². The van der Waals surface area contributed by atoms with Crippen molar-refractivity contribution in [3.63, 3.8) is 0 Å². The molecule has 0 spiro atoms. The van der Waals surface area contributed by atoms with Gasteiger partial charge in [-0.3, -0.25) is 14.6 Å². The third kappa shape index (κ3) is 2.21. The van der Waals surface area contributed by atoms with Gasteiger partial charge in [-0.2, -0.15) is 0 Å². The number of aliphatic imine (C=N–C) groups is 1. The molecule has 4 rings (SSSR count). The van der Waals surface area contributed by atoms with Gasteiger partial charge in [-0.15, -0.1) is 0 Å². The molecule has 1 aromatic carbocycles. The van der Waals surface area contributed by atoms with E-state index in [0.29, 0.717) is 35.6 Å². The molecule has 0 aliphatic carbocycles. The van der Waals surface area contributed by atoms with E-state index in [1.165, 1.54) is 0 Å². The number of nitrogens with zero attached hydrogens (tertiary/aromatic N) is 5. The molecular formula is C17H18ClN5O. The van der Waals surface area contributed by atoms with E-state index in [1.807, 2.05) is 54.6 Å². The van der Waals surface area contributed by atoms with Crippen molar-refractivity contribution in [2.24, 2.45) is 12.0 Å². The number of amides is 1. The molecule has 0 N–H and O–H groups in total. The molecule has 3 heterocycles. The first kappa shape index (κ1) is 15.2. The lowest BCUT2D eigenvalue weighted by atomic mass is 10.2. The number of imidazole rings is 1. The molecule has 1 aromatic heterocycles. The Hall–Kier alpha value is -2.34. The van der Waals surface area contributed by atoms with Crippen molar-refractivity contribution in [3.8, 4) is 0 Å². The Labute approximate surface area is 145 Å². The van der Waals surface area contributed by atoms with E-state index in [1.54, 1.807) is 4.90 Å². The fourth-order valence-corrected chi connectivity index (χ4v) is 3.33. The van der Waals surface area contributed by atoms with Gasteiger partial charge in [0.25, 0.3) is 5.91 Å². The molecule has 6 nitrogen and oxygen atoms in total. The normalized spacial score (nSPS) is 19.4. The van der Waals surface area contributed by atoms with Crippen LogP contribution in [0.2, 0.25) is 5.02 Å². The summed E-state index contributed by atoms with van der Waals surface area (Å²) in [5.41, 5.74) is 1.71.